The number of anilines is 1. The van der Waals surface area contributed by atoms with Crippen LogP contribution >= 0.6 is 11.3 Å². The Morgan fingerprint density at radius 1 is 1.41 bits per heavy atom. The van der Waals surface area contributed by atoms with Gasteiger partial charge in [0, 0.05) is 30.5 Å². The number of carbonyl (C=O) groups excluding carboxylic acids is 1. The molecule has 0 aliphatic carbocycles. The Labute approximate surface area is 103 Å². The Bertz CT molecular complexity index is 458. The Balaban J connectivity index is 1.70. The number of aromatic nitrogens is 2. The van der Waals surface area contributed by atoms with Crippen molar-refractivity contribution in [2.45, 2.75) is 6.42 Å². The van der Waals surface area contributed by atoms with E-state index in [4.69, 9.17) is 0 Å². The van der Waals surface area contributed by atoms with E-state index in [0.29, 0.717) is 11.7 Å². The molecule has 6 heteroatoms. The van der Waals surface area contributed by atoms with Crippen LogP contribution in [0, 0.1) is 0 Å². The largest absolute Gasteiger partial charge is 0.337 e. The summed E-state index contributed by atoms with van der Waals surface area (Å²) in [5, 5.41) is 7.82. The second kappa shape index (κ2) is 5.95. The van der Waals surface area contributed by atoms with Crippen LogP contribution in [0.2, 0.25) is 0 Å². The molecule has 0 aliphatic rings. The standard InChI is InChI=1S/C11H12N4OS/c16-10(15-11-14-6-7-17-11)13-5-3-9-2-1-4-12-8-9/h1-2,4,6-8H,3,5H2,(H2,13,14,15,16). The van der Waals surface area contributed by atoms with Gasteiger partial charge in [-0.15, -0.1) is 11.3 Å². The molecule has 0 spiro atoms. The second-order valence-electron chi connectivity index (χ2n) is 3.33. The topological polar surface area (TPSA) is 66.9 Å². The van der Waals surface area contributed by atoms with Crippen LogP contribution in [-0.4, -0.2) is 22.5 Å². The van der Waals surface area contributed by atoms with Gasteiger partial charge in [-0.1, -0.05) is 6.07 Å². The normalized spacial score (nSPS) is 9.88. The van der Waals surface area contributed by atoms with E-state index >= 15 is 0 Å². The van der Waals surface area contributed by atoms with Gasteiger partial charge >= 0.3 is 6.03 Å². The average Bonchev–Trinajstić information content (AvgIpc) is 2.83. The zero-order valence-corrected chi connectivity index (χ0v) is 9.91. The van der Waals surface area contributed by atoms with Gasteiger partial charge in [-0.2, -0.15) is 0 Å². The Morgan fingerprint density at radius 2 is 2.35 bits per heavy atom. The van der Waals surface area contributed by atoms with Crippen molar-refractivity contribution in [3.05, 3.63) is 41.7 Å². The van der Waals surface area contributed by atoms with Gasteiger partial charge in [0.15, 0.2) is 5.13 Å². The summed E-state index contributed by atoms with van der Waals surface area (Å²) in [6.07, 6.45) is 5.93. The highest BCUT2D eigenvalue weighted by Gasteiger charge is 2.02. The van der Waals surface area contributed by atoms with Crippen LogP contribution in [0.5, 0.6) is 0 Å². The molecule has 0 bridgehead atoms. The molecule has 0 aliphatic heterocycles. The molecular weight excluding hydrogens is 236 g/mol. The maximum atomic E-state index is 11.4. The molecular formula is C11H12N4OS. The lowest BCUT2D eigenvalue weighted by molar-refractivity contribution is 0.252. The molecule has 2 heterocycles. The highest BCUT2D eigenvalue weighted by atomic mass is 32.1. The maximum absolute atomic E-state index is 11.4. The first-order valence-corrected chi connectivity index (χ1v) is 6.06. The van der Waals surface area contributed by atoms with Crippen molar-refractivity contribution in [2.24, 2.45) is 0 Å². The first-order valence-electron chi connectivity index (χ1n) is 5.18. The predicted octanol–water partition coefficient (Wildman–Crippen LogP) is 1.90. The smallest absolute Gasteiger partial charge is 0.321 e. The summed E-state index contributed by atoms with van der Waals surface area (Å²) in [5.41, 5.74) is 1.10. The van der Waals surface area contributed by atoms with Crippen LogP contribution in [-0.2, 0) is 6.42 Å². The number of nitrogens with zero attached hydrogens (tertiary/aromatic N) is 2. The van der Waals surface area contributed by atoms with E-state index < -0.39 is 0 Å². The fourth-order valence-corrected chi connectivity index (χ4v) is 1.82. The number of rotatable bonds is 4. The molecule has 0 fully saturated rings. The Morgan fingerprint density at radius 3 is 3.06 bits per heavy atom. The summed E-state index contributed by atoms with van der Waals surface area (Å²) in [6.45, 7) is 0.572. The van der Waals surface area contributed by atoms with E-state index in [9.17, 15) is 4.79 Å². The van der Waals surface area contributed by atoms with Crippen molar-refractivity contribution in [1.29, 1.82) is 0 Å². The molecule has 0 saturated heterocycles. The van der Waals surface area contributed by atoms with Gasteiger partial charge < -0.3 is 5.32 Å². The number of urea groups is 1. The maximum Gasteiger partial charge on any atom is 0.321 e. The van der Waals surface area contributed by atoms with Gasteiger partial charge in [-0.05, 0) is 18.1 Å². The number of hydrogen-bond acceptors (Lipinski definition) is 4. The molecule has 88 valence electrons. The first kappa shape index (κ1) is 11.5. The number of amides is 2. The Kier molecular flexibility index (Phi) is 4.04. The van der Waals surface area contributed by atoms with Crippen molar-refractivity contribution >= 4 is 22.5 Å². The van der Waals surface area contributed by atoms with Crippen molar-refractivity contribution in [3.8, 4) is 0 Å². The van der Waals surface area contributed by atoms with Crippen LogP contribution in [0.3, 0.4) is 0 Å². The van der Waals surface area contributed by atoms with Crippen molar-refractivity contribution in [2.75, 3.05) is 11.9 Å². The molecule has 0 atom stereocenters. The minimum absolute atomic E-state index is 0.233. The van der Waals surface area contributed by atoms with E-state index in [1.165, 1.54) is 11.3 Å². The van der Waals surface area contributed by atoms with Crippen molar-refractivity contribution in [3.63, 3.8) is 0 Å². The molecule has 2 N–H and O–H groups in total. The summed E-state index contributed by atoms with van der Waals surface area (Å²) in [4.78, 5) is 19.4. The zero-order chi connectivity index (χ0) is 11.9. The highest BCUT2D eigenvalue weighted by Crippen LogP contribution is 2.09. The van der Waals surface area contributed by atoms with Gasteiger partial charge in [0.25, 0.3) is 0 Å². The number of nitrogens with one attached hydrogen (secondary N) is 2. The van der Waals surface area contributed by atoms with Crippen LogP contribution in [0.25, 0.3) is 0 Å². The third-order valence-corrected chi connectivity index (χ3v) is 2.76. The lowest BCUT2D eigenvalue weighted by atomic mass is 10.2. The molecule has 0 saturated carbocycles. The van der Waals surface area contributed by atoms with Crippen LogP contribution in [0.1, 0.15) is 5.56 Å². The van der Waals surface area contributed by atoms with Gasteiger partial charge in [0.1, 0.15) is 0 Å². The summed E-state index contributed by atoms with van der Waals surface area (Å²) < 4.78 is 0. The number of pyridine rings is 1. The predicted molar refractivity (Wildman–Crippen MR) is 67.1 cm³/mol. The molecule has 0 unspecified atom stereocenters. The number of carbonyl (C=O) groups is 1. The number of thiazole rings is 1. The highest BCUT2D eigenvalue weighted by molar-refractivity contribution is 7.13. The SMILES string of the molecule is O=C(NCCc1cccnc1)Nc1nccs1. The van der Waals surface area contributed by atoms with E-state index in [0.717, 1.165) is 12.0 Å². The fraction of sp³-hybridized carbons (Fsp3) is 0.182. The van der Waals surface area contributed by atoms with Crippen molar-refractivity contribution in [1.82, 2.24) is 15.3 Å². The zero-order valence-electron chi connectivity index (χ0n) is 9.09. The Hall–Kier alpha value is -1.95. The molecule has 0 radical (unpaired) electrons. The van der Waals surface area contributed by atoms with Crippen molar-refractivity contribution < 1.29 is 4.79 Å². The molecule has 2 rings (SSSR count). The molecule has 2 aromatic rings. The quantitative estimate of drug-likeness (QED) is 0.868. The van der Waals surface area contributed by atoms with E-state index in [1.54, 1.807) is 18.6 Å². The lowest BCUT2D eigenvalue weighted by Gasteiger charge is -2.04. The number of hydrogen-bond donors (Lipinski definition) is 2. The van der Waals surface area contributed by atoms with Gasteiger partial charge in [0.2, 0.25) is 0 Å². The van der Waals surface area contributed by atoms with E-state index in [-0.39, 0.29) is 6.03 Å². The van der Waals surface area contributed by atoms with Crippen LogP contribution in [0.4, 0.5) is 9.93 Å². The molecule has 2 amide bonds. The van der Waals surface area contributed by atoms with Gasteiger partial charge in [0.05, 0.1) is 0 Å². The van der Waals surface area contributed by atoms with E-state index in [1.807, 2.05) is 17.5 Å². The fourth-order valence-electron chi connectivity index (χ4n) is 1.29. The lowest BCUT2D eigenvalue weighted by Crippen LogP contribution is -2.30. The summed E-state index contributed by atoms with van der Waals surface area (Å²) in [7, 11) is 0. The molecule has 0 aromatic carbocycles. The van der Waals surface area contributed by atoms with Gasteiger partial charge in [-0.25, -0.2) is 9.78 Å². The summed E-state index contributed by atoms with van der Waals surface area (Å²) in [5.74, 6) is 0. The van der Waals surface area contributed by atoms with Crippen LogP contribution < -0.4 is 10.6 Å². The monoisotopic (exact) mass is 248 g/mol. The first-order chi connectivity index (χ1) is 8.34. The molecule has 17 heavy (non-hydrogen) atoms. The van der Waals surface area contributed by atoms with Gasteiger partial charge in [-0.3, -0.25) is 10.3 Å². The second-order valence-corrected chi connectivity index (χ2v) is 4.22. The average molecular weight is 248 g/mol. The third kappa shape index (κ3) is 3.84. The third-order valence-electron chi connectivity index (χ3n) is 2.07. The molecule has 2 aromatic heterocycles. The van der Waals surface area contributed by atoms with E-state index in [2.05, 4.69) is 20.6 Å². The summed E-state index contributed by atoms with van der Waals surface area (Å²) >= 11 is 1.39. The minimum Gasteiger partial charge on any atom is -0.337 e. The van der Waals surface area contributed by atoms with Crippen LogP contribution in [0.15, 0.2) is 36.1 Å². The molecule has 5 nitrogen and oxygen atoms in total. The minimum atomic E-state index is -0.233. The summed E-state index contributed by atoms with van der Waals surface area (Å²) in [6, 6.07) is 3.63.